The summed E-state index contributed by atoms with van der Waals surface area (Å²) in [7, 11) is 0. The molecule has 0 saturated carbocycles. The highest BCUT2D eigenvalue weighted by Crippen LogP contribution is 2.43. The zero-order valence-corrected chi connectivity index (χ0v) is 14.3. The number of fused-ring (bicyclic) bond motifs is 1. The number of nitrogen functional groups attached to an aromatic ring is 2. The summed E-state index contributed by atoms with van der Waals surface area (Å²) in [5.74, 6) is -0.712. The van der Waals surface area contributed by atoms with Crippen molar-refractivity contribution in [2.75, 3.05) is 16.8 Å². The number of halogens is 3. The topological polar surface area (TPSA) is 149 Å². The largest absolute Gasteiger partial charge is 0.397 e. The number of aliphatic imine (C=N–C) groups is 1. The minimum absolute atomic E-state index is 0.0266. The van der Waals surface area contributed by atoms with E-state index in [2.05, 4.69) is 20.6 Å². The van der Waals surface area contributed by atoms with Crippen LogP contribution < -0.4 is 22.1 Å². The molecule has 1 atom stereocenters. The molecule has 1 aromatic carbocycles. The molecule has 0 bridgehead atoms. The Morgan fingerprint density at radius 1 is 1.27 bits per heavy atom. The van der Waals surface area contributed by atoms with Gasteiger partial charge in [-0.3, -0.25) is 5.32 Å². The molecular formula is C15H9Cl2FN8. The van der Waals surface area contributed by atoms with Crippen molar-refractivity contribution in [3.8, 4) is 12.3 Å². The first-order valence-electron chi connectivity index (χ1n) is 7.01. The second-order valence-electron chi connectivity index (χ2n) is 5.17. The van der Waals surface area contributed by atoms with E-state index in [4.69, 9.17) is 39.9 Å². The van der Waals surface area contributed by atoms with E-state index in [1.807, 2.05) is 6.07 Å². The Balaban J connectivity index is 2.31. The molecule has 0 fully saturated rings. The lowest BCUT2D eigenvalue weighted by molar-refractivity contribution is 0.624. The van der Waals surface area contributed by atoms with Crippen LogP contribution in [0.1, 0.15) is 22.7 Å². The Morgan fingerprint density at radius 2 is 2.00 bits per heavy atom. The summed E-state index contributed by atoms with van der Waals surface area (Å²) in [6, 6.07) is 3.72. The van der Waals surface area contributed by atoms with Crippen LogP contribution >= 0.6 is 23.2 Å². The summed E-state index contributed by atoms with van der Waals surface area (Å²) in [4.78, 5) is 8.38. The third kappa shape index (κ3) is 2.69. The summed E-state index contributed by atoms with van der Waals surface area (Å²) in [5.41, 5.74) is 12.3. The van der Waals surface area contributed by atoms with E-state index in [0.29, 0.717) is 0 Å². The molecule has 1 aliphatic heterocycles. The summed E-state index contributed by atoms with van der Waals surface area (Å²) < 4.78 is 14.2. The van der Waals surface area contributed by atoms with Crippen LogP contribution in [0, 0.1) is 28.6 Å². The number of nitriles is 2. The van der Waals surface area contributed by atoms with Gasteiger partial charge < -0.3 is 16.8 Å². The number of nitrogens with one attached hydrogen (secondary N) is 2. The highest BCUT2D eigenvalue weighted by molar-refractivity contribution is 6.35. The monoisotopic (exact) mass is 390 g/mol. The second-order valence-corrected chi connectivity index (χ2v) is 5.95. The molecule has 2 heterocycles. The average molecular weight is 391 g/mol. The molecule has 2 aromatic rings. The molecule has 3 rings (SSSR count). The van der Waals surface area contributed by atoms with Gasteiger partial charge in [0.15, 0.2) is 12.0 Å². The number of hydrogen-bond donors (Lipinski definition) is 4. The highest BCUT2D eigenvalue weighted by atomic mass is 35.5. The van der Waals surface area contributed by atoms with E-state index in [1.165, 1.54) is 12.1 Å². The predicted octanol–water partition coefficient (Wildman–Crippen LogP) is 2.51. The van der Waals surface area contributed by atoms with Crippen molar-refractivity contribution in [2.24, 2.45) is 4.99 Å². The van der Waals surface area contributed by atoms with Crippen molar-refractivity contribution in [2.45, 2.75) is 6.04 Å². The smallest absolute Gasteiger partial charge is 0.211 e. The molecule has 1 aromatic heterocycles. The fraction of sp³-hybridized carbons (Fsp3) is 0.0667. The maximum atomic E-state index is 14.2. The summed E-state index contributed by atoms with van der Waals surface area (Å²) in [6.45, 7) is 0. The lowest BCUT2D eigenvalue weighted by Crippen LogP contribution is -2.32. The first kappa shape index (κ1) is 17.5. The van der Waals surface area contributed by atoms with Gasteiger partial charge in [-0.25, -0.2) is 14.4 Å². The average Bonchev–Trinajstić information content (AvgIpc) is 2.59. The number of hydrogen-bond acceptors (Lipinski definition) is 8. The maximum Gasteiger partial charge on any atom is 0.211 e. The van der Waals surface area contributed by atoms with E-state index in [-0.39, 0.29) is 50.0 Å². The van der Waals surface area contributed by atoms with E-state index < -0.39 is 11.9 Å². The van der Waals surface area contributed by atoms with E-state index >= 15 is 0 Å². The summed E-state index contributed by atoms with van der Waals surface area (Å²) >= 11 is 11.8. The molecule has 0 amide bonds. The van der Waals surface area contributed by atoms with Crippen molar-refractivity contribution < 1.29 is 4.39 Å². The van der Waals surface area contributed by atoms with Crippen LogP contribution in [-0.2, 0) is 0 Å². The third-order valence-corrected chi connectivity index (χ3v) is 4.39. The zero-order valence-electron chi connectivity index (χ0n) is 12.8. The minimum Gasteiger partial charge on any atom is -0.397 e. The molecule has 11 heteroatoms. The number of aromatic nitrogens is 1. The first-order chi connectivity index (χ1) is 12.4. The van der Waals surface area contributed by atoms with Gasteiger partial charge in [0.1, 0.15) is 29.3 Å². The van der Waals surface area contributed by atoms with Gasteiger partial charge in [0, 0.05) is 11.1 Å². The quantitative estimate of drug-likeness (QED) is 0.331. The highest BCUT2D eigenvalue weighted by Gasteiger charge is 2.31. The molecule has 8 nitrogen and oxygen atoms in total. The van der Waals surface area contributed by atoms with Gasteiger partial charge in [-0.05, 0) is 6.07 Å². The Kier molecular flexibility index (Phi) is 4.43. The van der Waals surface area contributed by atoms with E-state index in [0.717, 1.165) is 0 Å². The van der Waals surface area contributed by atoms with Gasteiger partial charge in [-0.1, -0.05) is 29.3 Å². The molecule has 0 spiro atoms. The van der Waals surface area contributed by atoms with Crippen molar-refractivity contribution in [1.29, 1.82) is 10.5 Å². The number of pyridine rings is 1. The predicted molar refractivity (Wildman–Crippen MR) is 95.8 cm³/mol. The number of benzene rings is 1. The Morgan fingerprint density at radius 3 is 2.65 bits per heavy atom. The molecule has 6 N–H and O–H groups in total. The maximum absolute atomic E-state index is 14.2. The van der Waals surface area contributed by atoms with Crippen LogP contribution in [0.5, 0.6) is 0 Å². The third-order valence-electron chi connectivity index (χ3n) is 3.72. The molecule has 130 valence electrons. The second kappa shape index (κ2) is 6.56. The number of guanidine groups is 1. The van der Waals surface area contributed by atoms with Gasteiger partial charge in [0.05, 0.1) is 15.7 Å². The lowest BCUT2D eigenvalue weighted by atomic mass is 9.95. The standard InChI is InChI=1S/C15H9Cl2FN8/c16-7-2-1-5(9(17)10(7)18)12-8-11(21)6(3-19)13(22)25-14(8)26-15(24-12)23-4-20/h1-2,12H,(H6,21,22,23,24,25,26). The van der Waals surface area contributed by atoms with Gasteiger partial charge in [-0.15, -0.1) is 0 Å². The fourth-order valence-corrected chi connectivity index (χ4v) is 3.03. The van der Waals surface area contributed by atoms with Crippen molar-refractivity contribution >= 4 is 46.5 Å². The SMILES string of the molecule is N#CNC1=NC(c2ccc(Cl)c(F)c2Cl)c2c(nc(N)c(C#N)c2N)N1. The summed E-state index contributed by atoms with van der Waals surface area (Å²) in [5, 5.41) is 22.8. The first-order valence-corrected chi connectivity index (χ1v) is 7.76. The van der Waals surface area contributed by atoms with E-state index in [9.17, 15) is 9.65 Å². The van der Waals surface area contributed by atoms with Crippen LogP contribution in [0.3, 0.4) is 0 Å². The number of nitrogens with two attached hydrogens (primary N) is 2. The molecule has 1 unspecified atom stereocenters. The molecule has 1 aliphatic rings. The Labute approximate surface area is 156 Å². The van der Waals surface area contributed by atoms with Crippen molar-refractivity contribution in [1.82, 2.24) is 10.3 Å². The van der Waals surface area contributed by atoms with Gasteiger partial charge in [-0.2, -0.15) is 10.5 Å². The molecule has 0 aliphatic carbocycles. The van der Waals surface area contributed by atoms with Gasteiger partial charge in [0.2, 0.25) is 5.96 Å². The van der Waals surface area contributed by atoms with Crippen LogP contribution in [0.25, 0.3) is 0 Å². The summed E-state index contributed by atoms with van der Waals surface area (Å²) in [6.07, 6.45) is 1.71. The normalized spacial score (nSPS) is 15.1. The number of anilines is 3. The van der Waals surface area contributed by atoms with Crippen LogP contribution in [0.15, 0.2) is 17.1 Å². The fourth-order valence-electron chi connectivity index (χ4n) is 2.56. The van der Waals surface area contributed by atoms with Crippen LogP contribution in [-0.4, -0.2) is 10.9 Å². The van der Waals surface area contributed by atoms with Gasteiger partial charge in [0.25, 0.3) is 0 Å². The Bertz CT molecular complexity index is 1040. The molecule has 26 heavy (non-hydrogen) atoms. The number of rotatable bonds is 1. The lowest BCUT2D eigenvalue weighted by Gasteiger charge is -2.26. The van der Waals surface area contributed by atoms with Crippen LogP contribution in [0.4, 0.5) is 21.7 Å². The molecule has 0 radical (unpaired) electrons. The van der Waals surface area contributed by atoms with Crippen molar-refractivity contribution in [3.05, 3.63) is 44.7 Å². The van der Waals surface area contributed by atoms with Crippen LogP contribution in [0.2, 0.25) is 10.0 Å². The van der Waals surface area contributed by atoms with E-state index in [1.54, 1.807) is 6.19 Å². The molecular weight excluding hydrogens is 382 g/mol. The zero-order chi connectivity index (χ0) is 19.0. The van der Waals surface area contributed by atoms with Gasteiger partial charge >= 0.3 is 0 Å². The van der Waals surface area contributed by atoms with Crippen molar-refractivity contribution in [3.63, 3.8) is 0 Å². The number of nitrogens with zero attached hydrogens (tertiary/aromatic N) is 4. The Hall–Kier alpha value is -3.27. The minimum atomic E-state index is -0.943. The molecule has 0 saturated heterocycles.